The van der Waals surface area contributed by atoms with E-state index in [0.29, 0.717) is 33.5 Å². The fourth-order valence-corrected chi connectivity index (χ4v) is 9.35. The van der Waals surface area contributed by atoms with Crippen molar-refractivity contribution < 1.29 is 33.4 Å². The minimum atomic E-state index is -1.56. The number of aliphatic hydroxyl groups excluding tert-OH is 1. The molecule has 13 heteroatoms. The number of hydrazine groups is 1. The van der Waals surface area contributed by atoms with Gasteiger partial charge in [-0.3, -0.25) is 29.5 Å². The maximum Gasteiger partial charge on any atom is 0.260 e. The van der Waals surface area contributed by atoms with Crippen molar-refractivity contribution in [2.24, 2.45) is 23.7 Å². The summed E-state index contributed by atoms with van der Waals surface area (Å²) in [5.74, 6) is -4.45. The predicted molar refractivity (Wildman–Crippen MR) is 192 cm³/mol. The Labute approximate surface area is 311 Å². The molecule has 3 heterocycles. The summed E-state index contributed by atoms with van der Waals surface area (Å²) >= 11 is 16.1. The van der Waals surface area contributed by atoms with E-state index in [1.165, 1.54) is 18.1 Å². The number of rotatable bonds is 7. The number of nitrogens with zero attached hydrogens (tertiary/aromatic N) is 2. The van der Waals surface area contributed by atoms with Crippen LogP contribution in [0.1, 0.15) is 35.8 Å². The summed E-state index contributed by atoms with van der Waals surface area (Å²) in [4.78, 5) is 59.6. The summed E-state index contributed by atoms with van der Waals surface area (Å²) in [6.07, 6.45) is 2.30. The number of hydrogen-bond acceptors (Lipinski definition) is 8. The third kappa shape index (κ3) is 5.08. The first kappa shape index (κ1) is 33.7. The molecule has 4 aromatic rings. The second-order valence-corrected chi connectivity index (χ2v) is 14.9. The molecule has 1 saturated carbocycles. The molecule has 0 spiro atoms. The second-order valence-electron chi connectivity index (χ2n) is 13.2. The van der Waals surface area contributed by atoms with Gasteiger partial charge in [0.15, 0.2) is 0 Å². The molecule has 2 aliphatic carbocycles. The van der Waals surface area contributed by atoms with E-state index in [2.05, 4.69) is 21.4 Å². The van der Waals surface area contributed by atoms with Crippen LogP contribution >= 0.6 is 39.1 Å². The van der Waals surface area contributed by atoms with Crippen LogP contribution in [0.25, 0.3) is 0 Å². The highest BCUT2D eigenvalue weighted by Gasteiger charge is 2.71. The third-order valence-electron chi connectivity index (χ3n) is 10.8. The van der Waals surface area contributed by atoms with Gasteiger partial charge in [-0.05, 0) is 91.1 Å². The molecule has 2 aliphatic heterocycles. The van der Waals surface area contributed by atoms with Crippen LogP contribution in [-0.2, 0) is 31.2 Å². The smallest absolute Gasteiger partial charge is 0.260 e. The zero-order chi connectivity index (χ0) is 35.8. The summed E-state index contributed by atoms with van der Waals surface area (Å²) in [5, 5.41) is 11.6. The number of fused-ring (bicyclic) bond motifs is 4. The zero-order valence-electron chi connectivity index (χ0n) is 27.0. The fraction of sp³-hybridized carbons (Fsp3) is 0.263. The first-order valence-electron chi connectivity index (χ1n) is 16.4. The van der Waals surface area contributed by atoms with Gasteiger partial charge < -0.3 is 14.3 Å². The summed E-state index contributed by atoms with van der Waals surface area (Å²) in [5.41, 5.74) is 3.43. The lowest BCUT2D eigenvalue weighted by atomic mass is 9.50. The van der Waals surface area contributed by atoms with Gasteiger partial charge in [0.25, 0.3) is 11.8 Å². The van der Waals surface area contributed by atoms with E-state index < -0.39 is 46.8 Å². The largest absolute Gasteiger partial charge is 0.497 e. The normalized spacial score (nSPS) is 26.9. The van der Waals surface area contributed by atoms with Crippen LogP contribution in [0.2, 0.25) is 10.0 Å². The number of amides is 4. The van der Waals surface area contributed by atoms with E-state index in [1.807, 2.05) is 6.08 Å². The van der Waals surface area contributed by atoms with E-state index in [-0.39, 0.29) is 42.0 Å². The molecule has 0 radical (unpaired) electrons. The molecule has 260 valence electrons. The fourth-order valence-electron chi connectivity index (χ4n) is 8.63. The Morgan fingerprint density at radius 1 is 0.941 bits per heavy atom. The molecule has 8 rings (SSSR count). The topological polar surface area (TPSA) is 129 Å². The SMILES string of the molecule is COc1ccc([C@@]23C(=O)N(Nc4ccc(Cl)cc4Cl)C(=O)[C@@H]2C[C@@H]2C(=CC[C@@H]4C(=O)N(c5ccc(Br)cc5)C(=O)[C@@H]42)[C@@H]3c2ccc(CO)o2)cc1. The van der Waals surface area contributed by atoms with Crippen LogP contribution in [0.15, 0.2) is 99.4 Å². The number of carbonyl (C=O) groups is 4. The van der Waals surface area contributed by atoms with Gasteiger partial charge in [-0.25, -0.2) is 0 Å². The number of allylic oxidation sites excluding steroid dienone is 2. The van der Waals surface area contributed by atoms with Gasteiger partial charge >= 0.3 is 0 Å². The summed E-state index contributed by atoms with van der Waals surface area (Å²) in [7, 11) is 1.54. The van der Waals surface area contributed by atoms with Crippen molar-refractivity contribution in [1.82, 2.24) is 5.01 Å². The first-order valence-corrected chi connectivity index (χ1v) is 17.9. The Morgan fingerprint density at radius 3 is 2.35 bits per heavy atom. The Bertz CT molecular complexity index is 2140. The number of aliphatic hydroxyl groups is 1. The summed E-state index contributed by atoms with van der Waals surface area (Å²) < 4.78 is 12.5. The lowest BCUT2D eigenvalue weighted by Gasteiger charge is -2.49. The first-order chi connectivity index (χ1) is 24.6. The lowest BCUT2D eigenvalue weighted by Crippen LogP contribution is -2.53. The maximum absolute atomic E-state index is 15.2. The molecule has 6 atom stereocenters. The number of furan rings is 1. The minimum absolute atomic E-state index is 0.105. The van der Waals surface area contributed by atoms with Crippen molar-refractivity contribution in [2.45, 2.75) is 30.8 Å². The molecule has 51 heavy (non-hydrogen) atoms. The Hall–Kier alpha value is -4.42. The molecule has 10 nitrogen and oxygen atoms in total. The van der Waals surface area contributed by atoms with Crippen LogP contribution in [-0.4, -0.2) is 40.9 Å². The molecule has 4 amide bonds. The van der Waals surface area contributed by atoms with E-state index in [0.717, 1.165) is 15.1 Å². The molecular formula is C38H30BrCl2N3O7. The second kappa shape index (κ2) is 12.7. The van der Waals surface area contributed by atoms with Crippen molar-refractivity contribution >= 4 is 74.1 Å². The lowest BCUT2D eigenvalue weighted by molar-refractivity contribution is -0.138. The van der Waals surface area contributed by atoms with Crippen molar-refractivity contribution in [2.75, 3.05) is 17.4 Å². The van der Waals surface area contributed by atoms with Crippen LogP contribution in [0.3, 0.4) is 0 Å². The van der Waals surface area contributed by atoms with Crippen LogP contribution in [0, 0.1) is 23.7 Å². The van der Waals surface area contributed by atoms with Gasteiger partial charge in [0, 0.05) is 9.50 Å². The van der Waals surface area contributed by atoms with E-state index in [4.69, 9.17) is 32.4 Å². The highest BCUT2D eigenvalue weighted by Crippen LogP contribution is 2.64. The average Bonchev–Trinajstić information content (AvgIpc) is 3.77. The molecule has 2 N–H and O–H groups in total. The monoisotopic (exact) mass is 789 g/mol. The van der Waals surface area contributed by atoms with E-state index in [9.17, 15) is 19.5 Å². The number of hydrogen-bond donors (Lipinski definition) is 2. The molecule has 0 bridgehead atoms. The summed E-state index contributed by atoms with van der Waals surface area (Å²) in [6.45, 7) is -0.385. The highest BCUT2D eigenvalue weighted by atomic mass is 79.9. The predicted octanol–water partition coefficient (Wildman–Crippen LogP) is 7.04. The number of ether oxygens (including phenoxy) is 1. The van der Waals surface area contributed by atoms with Crippen molar-refractivity contribution in [1.29, 1.82) is 0 Å². The molecular weight excluding hydrogens is 761 g/mol. The molecule has 1 aromatic heterocycles. The number of nitrogens with one attached hydrogen (secondary N) is 1. The molecule has 2 saturated heterocycles. The van der Waals surface area contributed by atoms with Gasteiger partial charge in [0.1, 0.15) is 29.3 Å². The van der Waals surface area contributed by atoms with Gasteiger partial charge in [0.2, 0.25) is 11.8 Å². The number of halogens is 3. The Balaban J connectivity index is 1.31. The quantitative estimate of drug-likeness (QED) is 0.151. The molecule has 0 unspecified atom stereocenters. The van der Waals surface area contributed by atoms with E-state index in [1.54, 1.807) is 72.8 Å². The number of anilines is 2. The minimum Gasteiger partial charge on any atom is -0.497 e. The van der Waals surface area contributed by atoms with Gasteiger partial charge in [-0.1, -0.05) is 62.9 Å². The Morgan fingerprint density at radius 2 is 1.69 bits per heavy atom. The zero-order valence-corrected chi connectivity index (χ0v) is 30.1. The van der Waals surface area contributed by atoms with Crippen molar-refractivity contribution in [3.63, 3.8) is 0 Å². The average molecular weight is 791 g/mol. The molecule has 3 aromatic carbocycles. The van der Waals surface area contributed by atoms with Crippen molar-refractivity contribution in [3.05, 3.63) is 122 Å². The van der Waals surface area contributed by atoms with Crippen LogP contribution < -0.4 is 15.1 Å². The standard InChI is InChI=1S/C38H30BrCl2N3O7/c1-50-23-9-2-19(3-10-23)38-28(35(47)44(37(38)49)42-30-14-6-21(40)16-29(30)41)17-27-25(33(38)31-15-11-24(18-45)51-31)12-13-26-32(27)36(48)43(34(26)46)22-7-4-20(39)5-8-22/h2-12,14-16,26-28,32-33,42,45H,13,17-18H2,1H3/t26-,27+,28-,32-,33+,38+/m0/s1. The van der Waals surface area contributed by atoms with Gasteiger partial charge in [0.05, 0.1) is 47.2 Å². The maximum atomic E-state index is 15.2. The van der Waals surface area contributed by atoms with Crippen LogP contribution in [0.4, 0.5) is 11.4 Å². The summed E-state index contributed by atoms with van der Waals surface area (Å²) in [6, 6.07) is 22.0. The third-order valence-corrected chi connectivity index (χ3v) is 11.9. The number of carbonyl (C=O) groups excluding carboxylic acids is 4. The van der Waals surface area contributed by atoms with E-state index >= 15 is 4.79 Å². The molecule has 3 fully saturated rings. The Kier molecular flexibility index (Phi) is 8.37. The van der Waals surface area contributed by atoms with Gasteiger partial charge in [-0.15, -0.1) is 0 Å². The highest BCUT2D eigenvalue weighted by molar-refractivity contribution is 9.10. The number of imide groups is 2. The number of benzene rings is 3. The van der Waals surface area contributed by atoms with Crippen LogP contribution in [0.5, 0.6) is 5.75 Å². The van der Waals surface area contributed by atoms with Crippen molar-refractivity contribution in [3.8, 4) is 5.75 Å². The number of methoxy groups -OCH3 is 1. The van der Waals surface area contributed by atoms with Gasteiger partial charge in [-0.2, -0.15) is 5.01 Å². The molecule has 4 aliphatic rings.